The number of hydrogen-bond donors (Lipinski definition) is 0. The smallest absolute Gasteiger partial charge is 0.192 e. The van der Waals surface area contributed by atoms with Crippen LogP contribution in [0.2, 0.25) is 0 Å². The maximum Gasteiger partial charge on any atom is 0.192 e. The van der Waals surface area contributed by atoms with E-state index in [4.69, 9.17) is 14.3 Å². The van der Waals surface area contributed by atoms with Crippen LogP contribution in [0.25, 0.3) is 11.0 Å². The molecule has 0 saturated carbocycles. The molecule has 0 N–H and O–H groups in total. The molecule has 1 aliphatic heterocycles. The van der Waals surface area contributed by atoms with E-state index in [0.717, 1.165) is 28.1 Å². The van der Waals surface area contributed by atoms with Gasteiger partial charge >= 0.3 is 0 Å². The number of ether oxygens (including phenoxy) is 2. The number of fused-ring (bicyclic) bond motifs is 1. The average Bonchev–Trinajstić information content (AvgIpc) is 3.34. The van der Waals surface area contributed by atoms with Gasteiger partial charge in [-0.1, -0.05) is 22.5 Å². The number of hydrogen-bond acceptors (Lipinski definition) is 6. The molecule has 134 valence electrons. The van der Waals surface area contributed by atoms with E-state index in [-0.39, 0.29) is 6.10 Å². The first-order valence-electron chi connectivity index (χ1n) is 8.59. The van der Waals surface area contributed by atoms with Crippen molar-refractivity contribution in [2.24, 2.45) is 5.16 Å². The molecule has 0 saturated heterocycles. The lowest BCUT2D eigenvalue weighted by Gasteiger charge is -2.22. The van der Waals surface area contributed by atoms with E-state index < -0.39 is 6.23 Å². The number of nitrogens with zero attached hydrogens (tertiary/aromatic N) is 4. The molecule has 7 nitrogen and oxygen atoms in total. The minimum Gasteiger partial charge on any atom is -0.497 e. The third kappa shape index (κ3) is 3.01. The Morgan fingerprint density at radius 3 is 2.77 bits per heavy atom. The topological polar surface area (TPSA) is 70.8 Å². The van der Waals surface area contributed by atoms with Crippen molar-refractivity contribution >= 4 is 16.7 Å². The van der Waals surface area contributed by atoms with Crippen LogP contribution in [-0.4, -0.2) is 40.5 Å². The van der Waals surface area contributed by atoms with Gasteiger partial charge in [0.25, 0.3) is 0 Å². The summed E-state index contributed by atoms with van der Waals surface area (Å²) in [4.78, 5) is 5.71. The Bertz CT molecular complexity index is 920. The summed E-state index contributed by atoms with van der Waals surface area (Å²) in [5.41, 5.74) is 3.62. The summed E-state index contributed by atoms with van der Waals surface area (Å²) in [6.45, 7) is 2.49. The normalized spacial score (nSPS) is 17.8. The Kier molecular flexibility index (Phi) is 4.53. The predicted octanol–water partition coefficient (Wildman–Crippen LogP) is 3.17. The van der Waals surface area contributed by atoms with Crippen molar-refractivity contribution in [3.05, 3.63) is 54.1 Å². The van der Waals surface area contributed by atoms with Crippen LogP contribution in [-0.2, 0) is 9.57 Å². The van der Waals surface area contributed by atoms with Crippen molar-refractivity contribution in [3.8, 4) is 5.75 Å². The number of benzene rings is 2. The SMILES string of the molecule is CCOC(C1CC(c2ccc(OC)cc2)=NO1)n1nnc2ccccc21. The fourth-order valence-electron chi connectivity index (χ4n) is 3.08. The summed E-state index contributed by atoms with van der Waals surface area (Å²) in [5.74, 6) is 0.811. The molecule has 1 aromatic heterocycles. The van der Waals surface area contributed by atoms with Crippen molar-refractivity contribution in [3.63, 3.8) is 0 Å². The van der Waals surface area contributed by atoms with Crippen LogP contribution >= 0.6 is 0 Å². The van der Waals surface area contributed by atoms with Gasteiger partial charge in [0, 0.05) is 13.0 Å². The lowest BCUT2D eigenvalue weighted by Crippen LogP contribution is -2.28. The molecule has 3 aromatic rings. The van der Waals surface area contributed by atoms with Crippen molar-refractivity contribution in [1.82, 2.24) is 15.0 Å². The number of para-hydroxylation sites is 1. The fraction of sp³-hybridized carbons (Fsp3) is 0.316. The summed E-state index contributed by atoms with van der Waals surface area (Å²) in [7, 11) is 1.65. The second-order valence-corrected chi connectivity index (χ2v) is 5.98. The second kappa shape index (κ2) is 7.13. The summed E-state index contributed by atoms with van der Waals surface area (Å²) >= 11 is 0. The highest BCUT2D eigenvalue weighted by atomic mass is 16.7. The lowest BCUT2D eigenvalue weighted by atomic mass is 10.0. The molecule has 0 fully saturated rings. The maximum atomic E-state index is 5.94. The Morgan fingerprint density at radius 2 is 2.00 bits per heavy atom. The van der Waals surface area contributed by atoms with E-state index in [0.29, 0.717) is 13.0 Å². The zero-order valence-electron chi connectivity index (χ0n) is 14.7. The highest BCUT2D eigenvalue weighted by Gasteiger charge is 2.33. The molecular formula is C19H20N4O3. The minimum absolute atomic E-state index is 0.267. The zero-order chi connectivity index (χ0) is 17.9. The molecule has 4 rings (SSSR count). The van der Waals surface area contributed by atoms with E-state index in [1.54, 1.807) is 11.8 Å². The highest BCUT2D eigenvalue weighted by Crippen LogP contribution is 2.29. The maximum absolute atomic E-state index is 5.94. The van der Waals surface area contributed by atoms with Gasteiger partial charge in [0.1, 0.15) is 11.3 Å². The van der Waals surface area contributed by atoms with Gasteiger partial charge in [-0.3, -0.25) is 0 Å². The van der Waals surface area contributed by atoms with Gasteiger partial charge in [-0.25, -0.2) is 4.68 Å². The molecule has 2 atom stereocenters. The monoisotopic (exact) mass is 352 g/mol. The van der Waals surface area contributed by atoms with E-state index in [2.05, 4.69) is 15.5 Å². The van der Waals surface area contributed by atoms with E-state index >= 15 is 0 Å². The third-order valence-electron chi connectivity index (χ3n) is 4.39. The van der Waals surface area contributed by atoms with Crippen LogP contribution in [0.4, 0.5) is 0 Å². The lowest BCUT2D eigenvalue weighted by molar-refractivity contribution is -0.0989. The number of aromatic nitrogens is 3. The van der Waals surface area contributed by atoms with Crippen LogP contribution in [0.5, 0.6) is 5.75 Å². The van der Waals surface area contributed by atoms with Crippen LogP contribution in [0.1, 0.15) is 25.1 Å². The summed E-state index contributed by atoms with van der Waals surface area (Å²) in [6, 6.07) is 15.6. The first-order valence-corrected chi connectivity index (χ1v) is 8.59. The zero-order valence-corrected chi connectivity index (χ0v) is 14.7. The molecule has 0 radical (unpaired) electrons. The summed E-state index contributed by atoms with van der Waals surface area (Å²) in [6.07, 6.45) is -0.0328. The standard InChI is InChI=1S/C19H20N4O3/c1-3-25-19(23-17-7-5-4-6-15(17)20-22-23)18-12-16(21-26-18)13-8-10-14(24-2)11-9-13/h4-11,18-19H,3,12H2,1-2H3. The molecule has 26 heavy (non-hydrogen) atoms. The van der Waals surface area contributed by atoms with Crippen molar-refractivity contribution in [2.45, 2.75) is 25.7 Å². The number of methoxy groups -OCH3 is 1. The van der Waals surface area contributed by atoms with Gasteiger partial charge < -0.3 is 14.3 Å². The van der Waals surface area contributed by atoms with Gasteiger partial charge in [0.05, 0.1) is 18.3 Å². The molecule has 2 aromatic carbocycles. The quantitative estimate of drug-likeness (QED) is 0.681. The molecule has 0 spiro atoms. The molecule has 0 aliphatic carbocycles. The average molecular weight is 352 g/mol. The molecular weight excluding hydrogens is 332 g/mol. The van der Waals surface area contributed by atoms with Crippen LogP contribution < -0.4 is 4.74 Å². The number of rotatable bonds is 6. The highest BCUT2D eigenvalue weighted by molar-refractivity contribution is 6.01. The summed E-state index contributed by atoms with van der Waals surface area (Å²) in [5, 5.41) is 12.8. The van der Waals surface area contributed by atoms with E-state index in [1.807, 2.05) is 55.5 Å². The first kappa shape index (κ1) is 16.5. The van der Waals surface area contributed by atoms with Crippen LogP contribution in [0, 0.1) is 0 Å². The Hall–Kier alpha value is -2.93. The Morgan fingerprint density at radius 1 is 1.19 bits per heavy atom. The van der Waals surface area contributed by atoms with Gasteiger partial charge in [0.2, 0.25) is 0 Å². The molecule has 7 heteroatoms. The van der Waals surface area contributed by atoms with Crippen LogP contribution in [0.15, 0.2) is 53.7 Å². The second-order valence-electron chi connectivity index (χ2n) is 5.98. The molecule has 1 aliphatic rings. The van der Waals surface area contributed by atoms with Crippen molar-refractivity contribution in [1.29, 1.82) is 0 Å². The third-order valence-corrected chi connectivity index (χ3v) is 4.39. The van der Waals surface area contributed by atoms with E-state index in [1.165, 1.54) is 0 Å². The minimum atomic E-state index is -0.396. The van der Waals surface area contributed by atoms with Gasteiger partial charge in [0.15, 0.2) is 12.3 Å². The predicted molar refractivity (Wildman–Crippen MR) is 97.2 cm³/mol. The van der Waals surface area contributed by atoms with Gasteiger partial charge in [-0.2, -0.15) is 0 Å². The largest absolute Gasteiger partial charge is 0.497 e. The van der Waals surface area contributed by atoms with Gasteiger partial charge in [-0.05, 0) is 48.9 Å². The Balaban J connectivity index is 1.57. The summed E-state index contributed by atoms with van der Waals surface area (Å²) < 4.78 is 12.9. The molecule has 2 heterocycles. The van der Waals surface area contributed by atoms with Crippen molar-refractivity contribution in [2.75, 3.05) is 13.7 Å². The molecule has 0 bridgehead atoms. The van der Waals surface area contributed by atoms with Gasteiger partial charge in [-0.15, -0.1) is 5.10 Å². The molecule has 0 amide bonds. The number of oxime groups is 1. The van der Waals surface area contributed by atoms with Crippen molar-refractivity contribution < 1.29 is 14.3 Å². The van der Waals surface area contributed by atoms with E-state index in [9.17, 15) is 0 Å². The Labute approximate surface area is 151 Å². The first-order chi connectivity index (χ1) is 12.8. The fourth-order valence-corrected chi connectivity index (χ4v) is 3.08. The molecule has 2 unspecified atom stereocenters. The van der Waals surface area contributed by atoms with Crippen LogP contribution in [0.3, 0.4) is 0 Å².